The molecule has 0 saturated carbocycles. The van der Waals surface area contributed by atoms with Crippen LogP contribution in [0.1, 0.15) is 55.4 Å². The van der Waals surface area contributed by atoms with Crippen molar-refractivity contribution in [2.45, 2.75) is 55.4 Å². The fraction of sp³-hybridized carbons (Fsp3) is 0.667. The average Bonchev–Trinajstić information content (AvgIpc) is 2.30. The van der Waals surface area contributed by atoms with Crippen molar-refractivity contribution in [3.63, 3.8) is 0 Å². The molecule has 0 unspecified atom stereocenters. The van der Waals surface area contributed by atoms with Gasteiger partial charge in [0.05, 0.1) is 0 Å². The zero-order valence-corrected chi connectivity index (χ0v) is 11.1. The molecule has 0 rings (SSSR count). The molecule has 1 nitrogen and oxygen atoms in total. The summed E-state index contributed by atoms with van der Waals surface area (Å²) in [5, 5.41) is 2.64. The van der Waals surface area contributed by atoms with E-state index < -0.39 is 0 Å². The molecule has 1 heteroatoms. The summed E-state index contributed by atoms with van der Waals surface area (Å²) in [5.74, 6) is 0. The quantitative estimate of drug-likeness (QED) is 0.647. The van der Waals surface area contributed by atoms with Crippen molar-refractivity contribution in [2.24, 2.45) is 0 Å². The van der Waals surface area contributed by atoms with Gasteiger partial charge in [0, 0.05) is 0 Å². The normalized spacial score (nSPS) is 4.00. The molecule has 0 saturated heterocycles. The second-order valence-corrected chi connectivity index (χ2v) is 0.575. The summed E-state index contributed by atoms with van der Waals surface area (Å²) < 4.78 is 0. The molecule has 0 radical (unpaired) electrons. The third-order valence-corrected chi connectivity index (χ3v) is 0.236. The van der Waals surface area contributed by atoms with Crippen molar-refractivity contribution in [3.8, 4) is 0 Å². The van der Waals surface area contributed by atoms with E-state index in [1.54, 1.807) is 12.4 Å². The van der Waals surface area contributed by atoms with E-state index in [1.807, 2.05) is 55.4 Å². The van der Waals surface area contributed by atoms with Crippen molar-refractivity contribution in [3.05, 3.63) is 25.6 Å². The minimum atomic E-state index is 1.56. The van der Waals surface area contributed by atoms with Crippen molar-refractivity contribution >= 4 is 0 Å². The minimum Gasteiger partial charge on any atom is -0.369 e. The molecule has 0 aromatic carbocycles. The Morgan fingerprint density at radius 3 is 0.769 bits per heavy atom. The van der Waals surface area contributed by atoms with Gasteiger partial charge in [0.1, 0.15) is 0 Å². The van der Waals surface area contributed by atoms with E-state index in [1.165, 1.54) is 0 Å². The highest BCUT2D eigenvalue weighted by Crippen LogP contribution is 1.46. The van der Waals surface area contributed by atoms with Gasteiger partial charge < -0.3 is 5.32 Å². The zero-order chi connectivity index (χ0) is 12.1. The van der Waals surface area contributed by atoms with Crippen LogP contribution in [0.2, 0.25) is 0 Å². The summed E-state index contributed by atoms with van der Waals surface area (Å²) >= 11 is 0. The van der Waals surface area contributed by atoms with Crippen LogP contribution in [0.3, 0.4) is 0 Å². The number of hydrogen-bond acceptors (Lipinski definition) is 1. The fourth-order valence-corrected chi connectivity index (χ4v) is 0.0833. The predicted octanol–water partition coefficient (Wildman–Crippen LogP) is 4.97. The molecule has 1 N–H and O–H groups in total. The van der Waals surface area contributed by atoms with Crippen LogP contribution in [-0.2, 0) is 0 Å². The van der Waals surface area contributed by atoms with E-state index in [9.17, 15) is 0 Å². The maximum atomic E-state index is 3.37. The van der Waals surface area contributed by atoms with Gasteiger partial charge in [0.25, 0.3) is 0 Å². The highest BCUT2D eigenvalue weighted by molar-refractivity contribution is 4.72. The van der Waals surface area contributed by atoms with Gasteiger partial charge in [-0.15, -0.1) is 0 Å². The highest BCUT2D eigenvalue weighted by atomic mass is 14.8. The largest absolute Gasteiger partial charge is 0.369 e. The van der Waals surface area contributed by atoms with Crippen molar-refractivity contribution in [2.75, 3.05) is 0 Å². The maximum Gasteiger partial charge on any atom is -0.00679 e. The Labute approximate surface area is 86.9 Å². The molecule has 0 spiro atoms. The smallest absolute Gasteiger partial charge is 0.00679 e. The Bertz CT molecular complexity index is 34.4. The van der Waals surface area contributed by atoms with Crippen LogP contribution in [0.25, 0.3) is 0 Å². The SMILES string of the molecule is C=CNC=C.CC.CC.CC.CC. The lowest BCUT2D eigenvalue weighted by atomic mass is 10.9. The van der Waals surface area contributed by atoms with Gasteiger partial charge in [0.15, 0.2) is 0 Å². The molecule has 84 valence electrons. The second kappa shape index (κ2) is 229. The van der Waals surface area contributed by atoms with Gasteiger partial charge in [0.2, 0.25) is 0 Å². The molecule has 0 bridgehead atoms. The maximum absolute atomic E-state index is 3.37. The Balaban J connectivity index is -0.0000000230. The molecule has 0 fully saturated rings. The summed E-state index contributed by atoms with van der Waals surface area (Å²) in [7, 11) is 0. The molecule has 0 heterocycles. The topological polar surface area (TPSA) is 12.0 Å². The molecule has 0 aliphatic rings. The lowest BCUT2D eigenvalue weighted by molar-refractivity contribution is 1.21. The van der Waals surface area contributed by atoms with E-state index in [-0.39, 0.29) is 0 Å². The van der Waals surface area contributed by atoms with Gasteiger partial charge in [-0.2, -0.15) is 0 Å². The first-order valence-electron chi connectivity index (χ1n) is 5.39. The van der Waals surface area contributed by atoms with Crippen LogP contribution in [-0.4, -0.2) is 0 Å². The summed E-state index contributed by atoms with van der Waals surface area (Å²) in [6.45, 7) is 22.7. The molecule has 0 atom stereocenters. The van der Waals surface area contributed by atoms with Crippen LogP contribution < -0.4 is 5.32 Å². The van der Waals surface area contributed by atoms with Gasteiger partial charge in [-0.05, 0) is 12.4 Å². The predicted molar refractivity (Wildman–Crippen MR) is 68.9 cm³/mol. The van der Waals surface area contributed by atoms with Crippen LogP contribution in [0.4, 0.5) is 0 Å². The first kappa shape index (κ1) is 29.5. The molecule has 0 aliphatic carbocycles. The van der Waals surface area contributed by atoms with Gasteiger partial charge in [-0.3, -0.25) is 0 Å². The lowest BCUT2D eigenvalue weighted by Crippen LogP contribution is -1.85. The van der Waals surface area contributed by atoms with Crippen molar-refractivity contribution in [1.82, 2.24) is 5.32 Å². The van der Waals surface area contributed by atoms with Crippen LogP contribution in [0.15, 0.2) is 25.6 Å². The summed E-state index contributed by atoms with van der Waals surface area (Å²) in [6, 6.07) is 0. The number of nitrogens with one attached hydrogen (secondary N) is 1. The van der Waals surface area contributed by atoms with Crippen molar-refractivity contribution in [1.29, 1.82) is 0 Å². The second-order valence-electron chi connectivity index (χ2n) is 0.575. The summed E-state index contributed by atoms with van der Waals surface area (Å²) in [4.78, 5) is 0. The third-order valence-electron chi connectivity index (χ3n) is 0.236. The molecule has 0 aromatic heterocycles. The van der Waals surface area contributed by atoms with E-state index in [2.05, 4.69) is 18.5 Å². The molecule has 0 amide bonds. The fourth-order valence-electron chi connectivity index (χ4n) is 0.0833. The summed E-state index contributed by atoms with van der Waals surface area (Å²) in [5.41, 5.74) is 0. The van der Waals surface area contributed by atoms with E-state index in [4.69, 9.17) is 0 Å². The zero-order valence-electron chi connectivity index (χ0n) is 11.1. The third kappa shape index (κ3) is 593. The minimum absolute atomic E-state index is 1.56. The standard InChI is InChI=1S/C4H7N.4C2H6/c1-3-5-4-2;4*1-2/h3-5H,1-2H2;4*1-2H3. The molecule has 13 heavy (non-hydrogen) atoms. The summed E-state index contributed by atoms with van der Waals surface area (Å²) in [6.07, 6.45) is 3.12. The average molecular weight is 189 g/mol. The Morgan fingerprint density at radius 1 is 0.615 bits per heavy atom. The molecule has 0 aromatic rings. The Hall–Kier alpha value is -0.720. The number of rotatable bonds is 2. The molecular weight excluding hydrogens is 158 g/mol. The molecular formula is C12H31N. The van der Waals surface area contributed by atoms with E-state index in [0.717, 1.165) is 0 Å². The van der Waals surface area contributed by atoms with Gasteiger partial charge >= 0.3 is 0 Å². The van der Waals surface area contributed by atoms with Crippen molar-refractivity contribution < 1.29 is 0 Å². The van der Waals surface area contributed by atoms with Gasteiger partial charge in [-0.1, -0.05) is 68.5 Å². The van der Waals surface area contributed by atoms with E-state index >= 15 is 0 Å². The Kier molecular flexibility index (Phi) is 520. The first-order chi connectivity index (χ1) is 6.41. The van der Waals surface area contributed by atoms with Crippen LogP contribution in [0, 0.1) is 0 Å². The van der Waals surface area contributed by atoms with E-state index in [0.29, 0.717) is 0 Å². The monoisotopic (exact) mass is 189 g/mol. The highest BCUT2D eigenvalue weighted by Gasteiger charge is 1.43. The first-order valence-corrected chi connectivity index (χ1v) is 5.39. The Morgan fingerprint density at radius 2 is 0.769 bits per heavy atom. The lowest BCUT2D eigenvalue weighted by Gasteiger charge is -1.75. The number of hydrogen-bond donors (Lipinski definition) is 1. The van der Waals surface area contributed by atoms with Crippen LogP contribution in [0.5, 0.6) is 0 Å². The van der Waals surface area contributed by atoms with Gasteiger partial charge in [-0.25, -0.2) is 0 Å². The molecule has 0 aliphatic heterocycles. The van der Waals surface area contributed by atoms with Crippen LogP contribution >= 0.6 is 0 Å².